The number of hydrogen-bond acceptors (Lipinski definition) is 3. The smallest absolute Gasteiger partial charge is 0.271 e. The normalized spacial score (nSPS) is 17.6. The first-order valence-corrected chi connectivity index (χ1v) is 7.04. The fourth-order valence-corrected chi connectivity index (χ4v) is 2.34. The molecule has 1 aromatic heterocycles. The third-order valence-electron chi connectivity index (χ3n) is 3.94. The van der Waals surface area contributed by atoms with Gasteiger partial charge in [-0.25, -0.2) is 0 Å². The number of carbonyl (C=O) groups is 1. The van der Waals surface area contributed by atoms with Crippen LogP contribution in [0.3, 0.4) is 0 Å². The van der Waals surface area contributed by atoms with Crippen molar-refractivity contribution in [1.82, 2.24) is 20.8 Å². The summed E-state index contributed by atoms with van der Waals surface area (Å²) in [4.78, 5) is 12.1. The third-order valence-corrected chi connectivity index (χ3v) is 3.94. The molecule has 5 nitrogen and oxygen atoms in total. The Morgan fingerprint density at radius 3 is 2.65 bits per heavy atom. The number of hydrogen-bond donors (Lipinski definition) is 3. The monoisotopic (exact) mass is 300 g/mol. The Bertz CT molecular complexity index is 438. The number of nitrogens with zero attached hydrogens (tertiary/aromatic N) is 1. The van der Waals surface area contributed by atoms with Gasteiger partial charge in [-0.1, -0.05) is 20.8 Å². The lowest BCUT2D eigenvalue weighted by atomic mass is 9.81. The van der Waals surface area contributed by atoms with Crippen LogP contribution in [0.4, 0.5) is 0 Å². The summed E-state index contributed by atoms with van der Waals surface area (Å²) in [5.74, 6) is 0.277. The number of halogens is 1. The average Bonchev–Trinajstić information content (AvgIpc) is 2.87. The van der Waals surface area contributed by atoms with Gasteiger partial charge < -0.3 is 10.6 Å². The molecule has 2 heterocycles. The van der Waals surface area contributed by atoms with E-state index in [2.05, 4.69) is 41.6 Å². The van der Waals surface area contributed by atoms with Crippen LogP contribution in [0, 0.1) is 5.41 Å². The Labute approximate surface area is 126 Å². The van der Waals surface area contributed by atoms with Gasteiger partial charge in [-0.05, 0) is 43.3 Å². The van der Waals surface area contributed by atoms with Crippen molar-refractivity contribution in [2.24, 2.45) is 5.41 Å². The molecule has 0 radical (unpaired) electrons. The maximum Gasteiger partial charge on any atom is 0.271 e. The van der Waals surface area contributed by atoms with E-state index in [-0.39, 0.29) is 23.7 Å². The lowest BCUT2D eigenvalue weighted by Crippen LogP contribution is -2.42. The van der Waals surface area contributed by atoms with Gasteiger partial charge in [0, 0.05) is 12.2 Å². The minimum atomic E-state index is -0.0806. The highest BCUT2D eigenvalue weighted by atomic mass is 35.5. The highest BCUT2D eigenvalue weighted by Crippen LogP contribution is 2.26. The zero-order chi connectivity index (χ0) is 13.9. The molecule has 2 rings (SSSR count). The second-order valence-electron chi connectivity index (χ2n) is 6.11. The fourth-order valence-electron chi connectivity index (χ4n) is 2.34. The standard InChI is InChI=1S/C14H24N4O.ClH/c1-10(2)11-8-12(18-17-11)13(19)16-9-14(3)4-6-15-7-5-14;/h8,10,15H,4-7,9H2,1-3H3,(H,16,19)(H,17,18);1H. The van der Waals surface area contributed by atoms with E-state index in [9.17, 15) is 4.79 Å². The van der Waals surface area contributed by atoms with Crippen molar-refractivity contribution >= 4 is 18.3 Å². The zero-order valence-electron chi connectivity index (χ0n) is 12.5. The first-order chi connectivity index (χ1) is 9.00. The zero-order valence-corrected chi connectivity index (χ0v) is 13.3. The molecular formula is C14H25ClN4O. The Hall–Kier alpha value is -1.07. The highest BCUT2D eigenvalue weighted by Gasteiger charge is 2.27. The van der Waals surface area contributed by atoms with Crippen LogP contribution < -0.4 is 10.6 Å². The molecule has 0 aromatic carbocycles. The van der Waals surface area contributed by atoms with Gasteiger partial charge in [0.1, 0.15) is 5.69 Å². The van der Waals surface area contributed by atoms with Crippen LogP contribution in [-0.2, 0) is 0 Å². The minimum absolute atomic E-state index is 0. The molecule has 0 saturated carbocycles. The topological polar surface area (TPSA) is 69.8 Å². The Morgan fingerprint density at radius 1 is 1.45 bits per heavy atom. The number of nitrogens with one attached hydrogen (secondary N) is 3. The summed E-state index contributed by atoms with van der Waals surface area (Å²) in [5, 5.41) is 13.3. The van der Waals surface area contributed by atoms with E-state index in [0.29, 0.717) is 11.6 Å². The molecule has 1 aromatic rings. The summed E-state index contributed by atoms with van der Waals surface area (Å²) in [6, 6.07) is 1.84. The van der Waals surface area contributed by atoms with Crippen LogP contribution in [-0.4, -0.2) is 35.7 Å². The van der Waals surface area contributed by atoms with E-state index in [0.717, 1.165) is 38.2 Å². The van der Waals surface area contributed by atoms with Crippen LogP contribution in [0.2, 0.25) is 0 Å². The molecule has 0 aliphatic carbocycles. The van der Waals surface area contributed by atoms with Gasteiger partial charge in [0.15, 0.2) is 0 Å². The molecule has 0 unspecified atom stereocenters. The molecule has 3 N–H and O–H groups in total. The highest BCUT2D eigenvalue weighted by molar-refractivity contribution is 5.92. The van der Waals surface area contributed by atoms with Crippen molar-refractivity contribution in [2.75, 3.05) is 19.6 Å². The second-order valence-corrected chi connectivity index (χ2v) is 6.11. The van der Waals surface area contributed by atoms with Crippen LogP contribution in [0.15, 0.2) is 6.07 Å². The molecule has 114 valence electrons. The number of piperidine rings is 1. The van der Waals surface area contributed by atoms with Gasteiger partial charge in [-0.2, -0.15) is 5.10 Å². The number of rotatable bonds is 4. The average molecular weight is 301 g/mol. The summed E-state index contributed by atoms with van der Waals surface area (Å²) in [5.41, 5.74) is 1.69. The summed E-state index contributed by atoms with van der Waals surface area (Å²) in [7, 11) is 0. The van der Waals surface area contributed by atoms with Crippen LogP contribution in [0.25, 0.3) is 0 Å². The van der Waals surface area contributed by atoms with E-state index < -0.39 is 0 Å². The molecule has 1 amide bonds. The van der Waals surface area contributed by atoms with Crippen molar-refractivity contribution < 1.29 is 4.79 Å². The first-order valence-electron chi connectivity index (χ1n) is 7.04. The van der Waals surface area contributed by atoms with E-state index in [1.54, 1.807) is 0 Å². The van der Waals surface area contributed by atoms with Gasteiger partial charge in [-0.15, -0.1) is 12.4 Å². The Morgan fingerprint density at radius 2 is 2.10 bits per heavy atom. The number of amides is 1. The van der Waals surface area contributed by atoms with E-state index in [1.807, 2.05) is 6.07 Å². The quantitative estimate of drug-likeness (QED) is 0.797. The van der Waals surface area contributed by atoms with Crippen molar-refractivity contribution in [1.29, 1.82) is 0 Å². The van der Waals surface area contributed by atoms with E-state index >= 15 is 0 Å². The lowest BCUT2D eigenvalue weighted by molar-refractivity contribution is 0.0917. The first kappa shape index (κ1) is 17.0. The number of H-pyrrole nitrogens is 1. The summed E-state index contributed by atoms with van der Waals surface area (Å²) in [6.45, 7) is 9.17. The van der Waals surface area contributed by atoms with E-state index in [4.69, 9.17) is 0 Å². The van der Waals surface area contributed by atoms with Crippen LogP contribution in [0.1, 0.15) is 55.7 Å². The third kappa shape index (κ3) is 4.21. The predicted octanol–water partition coefficient (Wildman–Crippen LogP) is 2.07. The molecular weight excluding hydrogens is 276 g/mol. The van der Waals surface area contributed by atoms with Gasteiger partial charge in [0.2, 0.25) is 0 Å². The molecule has 0 spiro atoms. The molecule has 6 heteroatoms. The second kappa shape index (κ2) is 7.09. The van der Waals surface area contributed by atoms with Crippen molar-refractivity contribution in [3.8, 4) is 0 Å². The Balaban J connectivity index is 0.00000200. The SMILES string of the molecule is CC(C)c1cc(C(=O)NCC2(C)CCNCC2)n[nH]1.Cl. The van der Waals surface area contributed by atoms with Crippen molar-refractivity contribution in [2.45, 2.75) is 39.5 Å². The predicted molar refractivity (Wildman–Crippen MR) is 82.5 cm³/mol. The Kier molecular flexibility index (Phi) is 6.02. The molecule has 1 aliphatic rings. The molecule has 0 atom stereocenters. The van der Waals surface area contributed by atoms with Gasteiger partial charge in [0.25, 0.3) is 5.91 Å². The minimum Gasteiger partial charge on any atom is -0.350 e. The molecule has 1 fully saturated rings. The number of aromatic nitrogens is 2. The largest absolute Gasteiger partial charge is 0.350 e. The number of aromatic amines is 1. The summed E-state index contributed by atoms with van der Waals surface area (Å²) >= 11 is 0. The molecule has 0 bridgehead atoms. The lowest BCUT2D eigenvalue weighted by Gasteiger charge is -2.34. The van der Waals surface area contributed by atoms with E-state index in [1.165, 1.54) is 0 Å². The molecule has 1 saturated heterocycles. The maximum atomic E-state index is 12.1. The van der Waals surface area contributed by atoms with Gasteiger partial charge in [-0.3, -0.25) is 9.89 Å². The molecule has 1 aliphatic heterocycles. The van der Waals surface area contributed by atoms with Crippen LogP contribution in [0.5, 0.6) is 0 Å². The fraction of sp³-hybridized carbons (Fsp3) is 0.714. The van der Waals surface area contributed by atoms with Crippen molar-refractivity contribution in [3.05, 3.63) is 17.5 Å². The summed E-state index contributed by atoms with van der Waals surface area (Å²) in [6.07, 6.45) is 2.20. The van der Waals surface area contributed by atoms with Gasteiger partial charge >= 0.3 is 0 Å². The maximum absolute atomic E-state index is 12.1. The van der Waals surface area contributed by atoms with Crippen molar-refractivity contribution in [3.63, 3.8) is 0 Å². The summed E-state index contributed by atoms with van der Waals surface area (Å²) < 4.78 is 0. The molecule has 20 heavy (non-hydrogen) atoms. The number of carbonyl (C=O) groups excluding carboxylic acids is 1. The van der Waals surface area contributed by atoms with Gasteiger partial charge in [0.05, 0.1) is 0 Å². The van der Waals surface area contributed by atoms with Crippen LogP contribution >= 0.6 is 12.4 Å².